The van der Waals surface area contributed by atoms with E-state index in [1.54, 1.807) is 36.4 Å². The summed E-state index contributed by atoms with van der Waals surface area (Å²) in [4.78, 5) is 23.5. The van der Waals surface area contributed by atoms with Gasteiger partial charge in [0, 0.05) is 11.1 Å². The smallest absolute Gasteiger partial charge is 0.321 e. The lowest BCUT2D eigenvalue weighted by atomic mass is 10.2. The summed E-state index contributed by atoms with van der Waals surface area (Å²) in [6.45, 7) is 0.802. The highest BCUT2D eigenvalue weighted by molar-refractivity contribution is 7.92. The van der Waals surface area contributed by atoms with Gasteiger partial charge < -0.3 is 14.8 Å². The Morgan fingerprint density at radius 1 is 1.03 bits per heavy atom. The van der Waals surface area contributed by atoms with Crippen molar-refractivity contribution in [2.45, 2.75) is 6.92 Å². The van der Waals surface area contributed by atoms with Crippen LogP contribution in [0.3, 0.4) is 0 Å². The first kappa shape index (κ1) is 22.1. The number of carbonyl (C=O) groups is 2. The molecule has 2 aromatic carbocycles. The molecule has 154 valence electrons. The second-order valence-corrected chi connectivity index (χ2v) is 7.67. The van der Waals surface area contributed by atoms with Crippen LogP contribution in [-0.4, -0.2) is 40.6 Å². The molecule has 0 heterocycles. The summed E-state index contributed by atoms with van der Waals surface area (Å²) < 4.78 is 35.7. The van der Waals surface area contributed by atoms with Gasteiger partial charge in [0.2, 0.25) is 10.0 Å². The Bertz CT molecular complexity index is 967. The molecule has 2 N–H and O–H groups in total. The van der Waals surface area contributed by atoms with E-state index in [1.165, 1.54) is 13.2 Å². The molecule has 2 rings (SSSR count). The number of carbonyl (C=O) groups excluding carboxylic acids is 2. The monoisotopic (exact) mass is 418 g/mol. The highest BCUT2D eigenvalue weighted by Gasteiger charge is 2.12. The lowest BCUT2D eigenvalue weighted by Crippen LogP contribution is -2.31. The van der Waals surface area contributed by atoms with Crippen LogP contribution in [0.15, 0.2) is 53.9 Å². The van der Waals surface area contributed by atoms with Crippen molar-refractivity contribution in [3.8, 4) is 5.75 Å². The average Bonchev–Trinajstić information content (AvgIpc) is 2.71. The molecule has 2 aromatic rings. The molecule has 0 bridgehead atoms. The normalized spacial score (nSPS) is 11.2. The molecule has 0 radical (unpaired) electrons. The quantitative estimate of drug-likeness (QED) is 0.603. The Morgan fingerprint density at radius 3 is 2.31 bits per heavy atom. The van der Waals surface area contributed by atoms with E-state index in [0.717, 1.165) is 11.0 Å². The van der Waals surface area contributed by atoms with E-state index in [-0.39, 0.29) is 0 Å². The zero-order valence-electron chi connectivity index (χ0n) is 16.0. The van der Waals surface area contributed by atoms with Crippen LogP contribution in [0, 0.1) is 6.92 Å². The van der Waals surface area contributed by atoms with Crippen LogP contribution in [0.1, 0.15) is 11.1 Å². The van der Waals surface area contributed by atoms with Crippen molar-refractivity contribution in [2.75, 3.05) is 25.6 Å². The first-order valence-electron chi connectivity index (χ1n) is 8.61. The minimum absolute atomic E-state index is 0.508. The topological polar surface area (TPSA) is 111 Å². The first-order valence-corrected chi connectivity index (χ1v) is 10.2. The number of hydrogen-bond acceptors (Lipinski definition) is 6. The summed E-state index contributed by atoms with van der Waals surface area (Å²) >= 11 is 0. The molecule has 29 heavy (non-hydrogen) atoms. The molecule has 8 nitrogen and oxygen atoms in total. The summed E-state index contributed by atoms with van der Waals surface area (Å²) in [7, 11) is -2.30. The number of esters is 1. The van der Waals surface area contributed by atoms with Crippen molar-refractivity contribution < 1.29 is 27.5 Å². The number of nitrogens with one attached hydrogen (secondary N) is 2. The predicted octanol–water partition coefficient (Wildman–Crippen LogP) is 2.08. The van der Waals surface area contributed by atoms with Crippen molar-refractivity contribution >= 4 is 33.7 Å². The summed E-state index contributed by atoms with van der Waals surface area (Å²) in [5, 5.41) is 3.50. The lowest BCUT2D eigenvalue weighted by Gasteiger charge is -2.07. The number of rotatable bonds is 9. The summed E-state index contributed by atoms with van der Waals surface area (Å²) in [5.41, 5.74) is 2.27. The third-order valence-electron chi connectivity index (χ3n) is 3.67. The molecule has 0 fully saturated rings. The maximum Gasteiger partial charge on any atom is 0.321 e. The van der Waals surface area contributed by atoms with E-state index in [4.69, 9.17) is 9.47 Å². The second kappa shape index (κ2) is 10.4. The van der Waals surface area contributed by atoms with Crippen LogP contribution in [0.25, 0.3) is 6.08 Å². The molecule has 0 unspecified atom stereocenters. The summed E-state index contributed by atoms with van der Waals surface area (Å²) in [5.74, 6) is -0.786. The van der Waals surface area contributed by atoms with Gasteiger partial charge in [-0.05, 0) is 42.8 Å². The zero-order valence-corrected chi connectivity index (χ0v) is 16.9. The van der Waals surface area contributed by atoms with E-state index >= 15 is 0 Å². The second-order valence-electron chi connectivity index (χ2n) is 6.02. The lowest BCUT2D eigenvalue weighted by molar-refractivity contribution is -0.146. The largest absolute Gasteiger partial charge is 0.497 e. The van der Waals surface area contributed by atoms with Crippen molar-refractivity contribution in [2.24, 2.45) is 0 Å². The van der Waals surface area contributed by atoms with Crippen LogP contribution >= 0.6 is 0 Å². The SMILES string of the molecule is COc1ccc(NC(=O)COC(=O)CNS(=O)(=O)/C=C/c2ccc(C)cc2)cc1. The van der Waals surface area contributed by atoms with Gasteiger partial charge in [-0.3, -0.25) is 9.59 Å². The van der Waals surface area contributed by atoms with Crippen molar-refractivity contribution in [3.63, 3.8) is 0 Å². The number of hydrogen-bond donors (Lipinski definition) is 2. The number of benzene rings is 2. The zero-order chi connectivity index (χ0) is 21.3. The molecule has 0 spiro atoms. The van der Waals surface area contributed by atoms with Gasteiger partial charge in [0.05, 0.1) is 7.11 Å². The van der Waals surface area contributed by atoms with Gasteiger partial charge in [0.25, 0.3) is 5.91 Å². The van der Waals surface area contributed by atoms with E-state index in [2.05, 4.69) is 10.0 Å². The van der Waals surface area contributed by atoms with Crippen LogP contribution in [0.5, 0.6) is 5.75 Å². The molecule has 0 aromatic heterocycles. The highest BCUT2D eigenvalue weighted by Crippen LogP contribution is 2.14. The third kappa shape index (κ3) is 8.16. The number of methoxy groups -OCH3 is 1. The molecule has 9 heteroatoms. The number of anilines is 1. The van der Waals surface area contributed by atoms with Crippen LogP contribution in [0.2, 0.25) is 0 Å². The molecular formula is C20H22N2O6S. The van der Waals surface area contributed by atoms with Gasteiger partial charge in [-0.2, -0.15) is 0 Å². The van der Waals surface area contributed by atoms with E-state index < -0.39 is 35.1 Å². The molecule has 0 atom stereocenters. The molecule has 0 saturated carbocycles. The van der Waals surface area contributed by atoms with E-state index in [1.807, 2.05) is 19.1 Å². The van der Waals surface area contributed by atoms with Crippen LogP contribution in [0.4, 0.5) is 5.69 Å². The Labute approximate surface area is 169 Å². The summed E-state index contributed by atoms with van der Waals surface area (Å²) in [6.07, 6.45) is 1.41. The minimum atomic E-state index is -3.82. The Balaban J connectivity index is 1.74. The van der Waals surface area contributed by atoms with Gasteiger partial charge >= 0.3 is 5.97 Å². The van der Waals surface area contributed by atoms with E-state index in [9.17, 15) is 18.0 Å². The Hall–Kier alpha value is -3.17. The van der Waals surface area contributed by atoms with Gasteiger partial charge in [0.15, 0.2) is 6.61 Å². The highest BCUT2D eigenvalue weighted by atomic mass is 32.2. The number of amides is 1. The standard InChI is InChI=1S/C20H22N2O6S/c1-15-3-5-16(6-4-15)11-12-29(25,26)21-13-20(24)28-14-19(23)22-17-7-9-18(27-2)10-8-17/h3-12,21H,13-14H2,1-2H3,(H,22,23)/b12-11+. The molecule has 1 amide bonds. The number of sulfonamides is 1. The van der Waals surface area contributed by atoms with Crippen LogP contribution < -0.4 is 14.8 Å². The molecule has 0 saturated heterocycles. The first-order chi connectivity index (χ1) is 13.8. The van der Waals surface area contributed by atoms with Crippen LogP contribution in [-0.2, 0) is 24.3 Å². The van der Waals surface area contributed by atoms with Crippen molar-refractivity contribution in [3.05, 3.63) is 65.1 Å². The average molecular weight is 418 g/mol. The van der Waals surface area contributed by atoms with Crippen molar-refractivity contribution in [1.29, 1.82) is 0 Å². The fraction of sp³-hybridized carbons (Fsp3) is 0.200. The maximum absolute atomic E-state index is 11.9. The predicted molar refractivity (Wildman–Crippen MR) is 110 cm³/mol. The third-order valence-corrected chi connectivity index (χ3v) is 4.71. The van der Waals surface area contributed by atoms with E-state index in [0.29, 0.717) is 17.0 Å². The van der Waals surface area contributed by atoms with Gasteiger partial charge in [0.1, 0.15) is 12.3 Å². The summed E-state index contributed by atoms with van der Waals surface area (Å²) in [6, 6.07) is 13.9. The Morgan fingerprint density at radius 2 is 1.69 bits per heavy atom. The molecule has 0 aliphatic carbocycles. The maximum atomic E-state index is 11.9. The van der Waals surface area contributed by atoms with Gasteiger partial charge in [-0.1, -0.05) is 29.8 Å². The fourth-order valence-corrected chi connectivity index (χ4v) is 2.87. The number of aryl methyl sites for hydroxylation is 1. The van der Waals surface area contributed by atoms with Crippen molar-refractivity contribution in [1.82, 2.24) is 4.72 Å². The molecule has 0 aliphatic rings. The minimum Gasteiger partial charge on any atom is -0.497 e. The molecular weight excluding hydrogens is 396 g/mol. The number of ether oxygens (including phenoxy) is 2. The van der Waals surface area contributed by atoms with Gasteiger partial charge in [-0.25, -0.2) is 13.1 Å². The van der Waals surface area contributed by atoms with Gasteiger partial charge in [-0.15, -0.1) is 0 Å². The molecule has 0 aliphatic heterocycles. The Kier molecular flexibility index (Phi) is 7.93. The fourth-order valence-electron chi connectivity index (χ4n) is 2.12.